The highest BCUT2D eigenvalue weighted by Crippen LogP contribution is 2.47. The van der Waals surface area contributed by atoms with Crippen LogP contribution < -0.4 is 0 Å². The van der Waals surface area contributed by atoms with Crippen molar-refractivity contribution < 1.29 is 9.63 Å². The second-order valence-corrected chi connectivity index (χ2v) is 7.47. The van der Waals surface area contributed by atoms with Crippen molar-refractivity contribution >= 4 is 22.5 Å². The molecule has 28 heavy (non-hydrogen) atoms. The van der Waals surface area contributed by atoms with Crippen molar-refractivity contribution in [3.63, 3.8) is 0 Å². The van der Waals surface area contributed by atoms with Crippen LogP contribution in [0.25, 0.3) is 33.0 Å². The maximum atomic E-state index is 11.8. The number of nitrogens with zero attached hydrogens (tertiary/aromatic N) is 1. The van der Waals surface area contributed by atoms with Gasteiger partial charge in [-0.2, -0.15) is 0 Å². The van der Waals surface area contributed by atoms with E-state index < -0.39 is 0 Å². The van der Waals surface area contributed by atoms with Crippen molar-refractivity contribution in [2.24, 2.45) is 5.16 Å². The maximum absolute atomic E-state index is 11.8. The normalized spacial score (nSPS) is 12.3. The molecule has 0 saturated heterocycles. The van der Waals surface area contributed by atoms with Crippen LogP contribution in [-0.4, -0.2) is 11.7 Å². The number of unbranched alkanes of at least 4 members (excludes halogenated alkanes) is 2. The van der Waals surface area contributed by atoms with Gasteiger partial charge in [0.05, 0.1) is 5.71 Å². The molecule has 3 aromatic rings. The van der Waals surface area contributed by atoms with Crippen LogP contribution in [0.2, 0.25) is 0 Å². The van der Waals surface area contributed by atoms with Crippen molar-refractivity contribution in [2.45, 2.75) is 46.0 Å². The molecule has 4 rings (SSSR count). The van der Waals surface area contributed by atoms with E-state index in [2.05, 4.69) is 66.7 Å². The van der Waals surface area contributed by atoms with Crippen molar-refractivity contribution in [2.75, 3.05) is 0 Å². The number of hydrogen-bond donors (Lipinski definition) is 0. The van der Waals surface area contributed by atoms with Gasteiger partial charge in [-0.1, -0.05) is 79.5 Å². The third kappa shape index (κ3) is 3.45. The third-order valence-electron chi connectivity index (χ3n) is 5.37. The highest BCUT2D eigenvalue weighted by molar-refractivity contribution is 6.16. The lowest BCUT2D eigenvalue weighted by molar-refractivity contribution is -0.143. The molecule has 0 radical (unpaired) electrons. The molecule has 142 valence electrons. The van der Waals surface area contributed by atoms with Gasteiger partial charge in [0, 0.05) is 12.8 Å². The number of carbonyl (C=O) groups is 1. The molecule has 0 amide bonds. The Kier molecular flexibility index (Phi) is 5.25. The zero-order valence-corrected chi connectivity index (χ0v) is 16.5. The summed E-state index contributed by atoms with van der Waals surface area (Å²) in [6, 6.07) is 19.4. The van der Waals surface area contributed by atoms with Crippen LogP contribution in [-0.2, 0) is 16.1 Å². The molecule has 0 bridgehead atoms. The van der Waals surface area contributed by atoms with E-state index in [0.29, 0.717) is 12.8 Å². The van der Waals surface area contributed by atoms with Crippen molar-refractivity contribution in [1.29, 1.82) is 0 Å². The topological polar surface area (TPSA) is 38.7 Å². The van der Waals surface area contributed by atoms with Gasteiger partial charge in [-0.05, 0) is 51.9 Å². The standard InChI is InChI=1S/C25H25NO2/c1-3-4-5-13-24(27)28-26-17(2)16-18-14-15-23-21-10-7-6-9-20(21)22-12-8-11-19(18)25(22)23/h6-12,14-15H,3-5,13,16H2,1-2H3. The zero-order chi connectivity index (χ0) is 19.5. The van der Waals surface area contributed by atoms with Gasteiger partial charge in [-0.15, -0.1) is 0 Å². The highest BCUT2D eigenvalue weighted by Gasteiger charge is 2.21. The highest BCUT2D eigenvalue weighted by atomic mass is 16.7. The second kappa shape index (κ2) is 7.97. The van der Waals surface area contributed by atoms with E-state index in [4.69, 9.17) is 4.84 Å². The summed E-state index contributed by atoms with van der Waals surface area (Å²) >= 11 is 0. The molecule has 3 heteroatoms. The van der Waals surface area contributed by atoms with E-state index in [1.165, 1.54) is 38.6 Å². The van der Waals surface area contributed by atoms with Crippen LogP contribution in [0, 0.1) is 0 Å². The van der Waals surface area contributed by atoms with Crippen molar-refractivity contribution in [3.8, 4) is 22.3 Å². The first-order valence-corrected chi connectivity index (χ1v) is 10.1. The monoisotopic (exact) mass is 371 g/mol. The van der Waals surface area contributed by atoms with Gasteiger partial charge < -0.3 is 4.84 Å². The zero-order valence-electron chi connectivity index (χ0n) is 16.5. The summed E-state index contributed by atoms with van der Waals surface area (Å²) in [6.45, 7) is 4.03. The molecule has 0 unspecified atom stereocenters. The number of benzene rings is 3. The van der Waals surface area contributed by atoms with Crippen molar-refractivity contribution in [1.82, 2.24) is 0 Å². The first-order valence-electron chi connectivity index (χ1n) is 10.1. The third-order valence-corrected chi connectivity index (χ3v) is 5.37. The summed E-state index contributed by atoms with van der Waals surface area (Å²) < 4.78 is 0. The first kappa shape index (κ1) is 18.4. The summed E-state index contributed by atoms with van der Waals surface area (Å²) in [7, 11) is 0. The molecule has 0 N–H and O–H groups in total. The van der Waals surface area contributed by atoms with E-state index in [9.17, 15) is 4.79 Å². The molecule has 3 nitrogen and oxygen atoms in total. The smallest absolute Gasteiger partial charge is 0.318 e. The Morgan fingerprint density at radius 3 is 2.36 bits per heavy atom. The quantitative estimate of drug-likeness (QED) is 0.160. The molecule has 0 spiro atoms. The van der Waals surface area contributed by atoms with Gasteiger partial charge in [0.25, 0.3) is 0 Å². The Morgan fingerprint density at radius 1 is 0.893 bits per heavy atom. The summed E-state index contributed by atoms with van der Waals surface area (Å²) in [6.07, 6.45) is 4.09. The number of rotatable bonds is 7. The molecule has 0 aromatic heterocycles. The lowest BCUT2D eigenvalue weighted by Gasteiger charge is -2.09. The fourth-order valence-electron chi connectivity index (χ4n) is 4.02. The lowest BCUT2D eigenvalue weighted by atomic mass is 9.96. The van der Waals surface area contributed by atoms with Gasteiger partial charge >= 0.3 is 5.97 Å². The molecular formula is C25H25NO2. The van der Waals surface area contributed by atoms with Gasteiger partial charge in [-0.3, -0.25) is 0 Å². The first-order chi connectivity index (χ1) is 13.7. The van der Waals surface area contributed by atoms with E-state index in [0.717, 1.165) is 25.0 Å². The molecule has 0 saturated carbocycles. The second-order valence-electron chi connectivity index (χ2n) is 7.47. The minimum Gasteiger partial charge on any atom is -0.318 e. The molecule has 1 aliphatic carbocycles. The van der Waals surface area contributed by atoms with E-state index in [-0.39, 0.29) is 5.97 Å². The Labute approximate surface area is 166 Å². The predicted molar refractivity (Wildman–Crippen MR) is 115 cm³/mol. The minimum absolute atomic E-state index is 0.247. The van der Waals surface area contributed by atoms with Crippen LogP contribution in [0.15, 0.2) is 59.8 Å². The van der Waals surface area contributed by atoms with Crippen LogP contribution in [0.5, 0.6) is 0 Å². The number of carbonyl (C=O) groups excluding carboxylic acids is 1. The Hall–Kier alpha value is -2.94. The fraction of sp³-hybridized carbons (Fsp3) is 0.280. The molecule has 0 atom stereocenters. The van der Waals surface area contributed by atoms with Gasteiger partial charge in [0.2, 0.25) is 0 Å². The van der Waals surface area contributed by atoms with Gasteiger partial charge in [-0.25, -0.2) is 4.79 Å². The van der Waals surface area contributed by atoms with E-state index >= 15 is 0 Å². The molecule has 0 fully saturated rings. The van der Waals surface area contributed by atoms with Crippen LogP contribution >= 0.6 is 0 Å². The number of fused-ring (bicyclic) bond motifs is 3. The molecule has 0 heterocycles. The summed E-state index contributed by atoms with van der Waals surface area (Å²) in [5.41, 5.74) is 7.19. The van der Waals surface area contributed by atoms with Gasteiger partial charge in [0.15, 0.2) is 0 Å². The minimum atomic E-state index is -0.247. The molecule has 3 aromatic carbocycles. The maximum Gasteiger partial charge on any atom is 0.335 e. The van der Waals surface area contributed by atoms with E-state index in [1.54, 1.807) is 0 Å². The van der Waals surface area contributed by atoms with Gasteiger partial charge in [0.1, 0.15) is 0 Å². The average Bonchev–Trinajstić information content (AvgIpc) is 3.04. The lowest BCUT2D eigenvalue weighted by Crippen LogP contribution is -2.04. The molecular weight excluding hydrogens is 346 g/mol. The van der Waals surface area contributed by atoms with E-state index in [1.807, 2.05) is 6.92 Å². The Morgan fingerprint density at radius 2 is 1.61 bits per heavy atom. The van der Waals surface area contributed by atoms with Crippen LogP contribution in [0.4, 0.5) is 0 Å². The fourth-order valence-corrected chi connectivity index (χ4v) is 4.02. The predicted octanol–water partition coefficient (Wildman–Crippen LogP) is 6.53. The number of hydrogen-bond acceptors (Lipinski definition) is 3. The summed E-state index contributed by atoms with van der Waals surface area (Å²) in [4.78, 5) is 16.9. The molecule has 0 aliphatic heterocycles. The summed E-state index contributed by atoms with van der Waals surface area (Å²) in [5.74, 6) is -0.247. The van der Waals surface area contributed by atoms with Crippen LogP contribution in [0.1, 0.15) is 45.1 Å². The SMILES string of the molecule is CCCCCC(=O)ON=C(C)Cc1ccc2c3c(cccc13)-c1ccccc1-2. The largest absolute Gasteiger partial charge is 0.335 e. The Balaban J connectivity index is 1.57. The summed E-state index contributed by atoms with van der Waals surface area (Å²) in [5, 5.41) is 6.63. The van der Waals surface area contributed by atoms with Crippen LogP contribution in [0.3, 0.4) is 0 Å². The Bertz CT molecular complexity index is 1040. The van der Waals surface area contributed by atoms with Crippen molar-refractivity contribution in [3.05, 3.63) is 60.2 Å². The molecule has 1 aliphatic rings. The number of oxime groups is 1. The average molecular weight is 371 g/mol.